The molecule has 1 aliphatic rings. The first-order valence-electron chi connectivity index (χ1n) is 10.9. The first-order valence-corrected chi connectivity index (χ1v) is 12.5. The molecule has 9 heteroatoms. The second kappa shape index (κ2) is 8.63. The Balaban J connectivity index is 1.73. The van der Waals surface area contributed by atoms with Crippen molar-refractivity contribution in [1.82, 2.24) is 24.0 Å². The summed E-state index contributed by atoms with van der Waals surface area (Å²) in [5, 5.41) is 5.19. The normalized spacial score (nSPS) is 15.6. The maximum absolute atomic E-state index is 13.5. The van der Waals surface area contributed by atoms with Gasteiger partial charge in [-0.25, -0.2) is 18.1 Å². The summed E-state index contributed by atoms with van der Waals surface area (Å²) in [7, 11) is -3.25. The SMILES string of the molecule is CCS(=O)(=O)N1CCN(C(=O)c2cc(-c3ccc(C)cc3)nc3c2cnn3C(C)C)CC1. The zero-order valence-corrected chi connectivity index (χ0v) is 19.8. The fourth-order valence-electron chi connectivity index (χ4n) is 3.97. The molecule has 170 valence electrons. The van der Waals surface area contributed by atoms with E-state index in [1.807, 2.05) is 55.8 Å². The van der Waals surface area contributed by atoms with Gasteiger partial charge in [0.2, 0.25) is 10.0 Å². The lowest BCUT2D eigenvalue weighted by Crippen LogP contribution is -2.50. The number of aromatic nitrogens is 3. The molecular weight excluding hydrogens is 426 g/mol. The van der Waals surface area contributed by atoms with E-state index in [-0.39, 0.29) is 17.7 Å². The average molecular weight is 456 g/mol. The highest BCUT2D eigenvalue weighted by atomic mass is 32.2. The second-order valence-corrected chi connectivity index (χ2v) is 10.7. The largest absolute Gasteiger partial charge is 0.336 e. The molecular formula is C23H29N5O3S. The molecule has 1 fully saturated rings. The molecule has 0 N–H and O–H groups in total. The van der Waals surface area contributed by atoms with Crippen molar-refractivity contribution < 1.29 is 13.2 Å². The lowest BCUT2D eigenvalue weighted by Gasteiger charge is -2.34. The van der Waals surface area contributed by atoms with Gasteiger partial charge in [0.15, 0.2) is 5.65 Å². The highest BCUT2D eigenvalue weighted by molar-refractivity contribution is 7.89. The Morgan fingerprint density at radius 2 is 1.75 bits per heavy atom. The third kappa shape index (κ3) is 4.14. The number of carbonyl (C=O) groups is 1. The summed E-state index contributed by atoms with van der Waals surface area (Å²) in [6.07, 6.45) is 1.70. The highest BCUT2D eigenvalue weighted by Gasteiger charge is 2.29. The molecule has 1 amide bonds. The third-order valence-corrected chi connectivity index (χ3v) is 7.80. The molecule has 1 aromatic carbocycles. The van der Waals surface area contributed by atoms with Crippen LogP contribution in [0.2, 0.25) is 0 Å². The van der Waals surface area contributed by atoms with Crippen LogP contribution in [-0.4, -0.2) is 70.2 Å². The van der Waals surface area contributed by atoms with Crippen LogP contribution in [0.3, 0.4) is 0 Å². The number of aryl methyl sites for hydroxylation is 1. The summed E-state index contributed by atoms with van der Waals surface area (Å²) in [4.78, 5) is 20.1. The summed E-state index contributed by atoms with van der Waals surface area (Å²) in [6, 6.07) is 9.98. The van der Waals surface area contributed by atoms with Crippen LogP contribution >= 0.6 is 0 Å². The molecule has 0 atom stereocenters. The van der Waals surface area contributed by atoms with E-state index in [1.54, 1.807) is 18.0 Å². The zero-order chi connectivity index (χ0) is 23.0. The van der Waals surface area contributed by atoms with E-state index < -0.39 is 10.0 Å². The molecule has 4 rings (SSSR count). The molecule has 1 aliphatic heterocycles. The molecule has 8 nitrogen and oxygen atoms in total. The highest BCUT2D eigenvalue weighted by Crippen LogP contribution is 2.28. The Kier molecular flexibility index (Phi) is 6.05. The number of hydrogen-bond donors (Lipinski definition) is 0. The second-order valence-electron chi connectivity index (χ2n) is 8.43. The molecule has 3 aromatic rings. The van der Waals surface area contributed by atoms with Gasteiger partial charge in [0.05, 0.1) is 28.6 Å². The standard InChI is InChI=1S/C23H29N5O3S/c1-5-32(30,31)27-12-10-26(11-13-27)23(29)19-14-21(18-8-6-17(4)7-9-18)25-22-20(19)15-24-28(22)16(2)3/h6-9,14-16H,5,10-13H2,1-4H3. The van der Waals surface area contributed by atoms with E-state index in [9.17, 15) is 13.2 Å². The number of nitrogens with zero attached hydrogens (tertiary/aromatic N) is 5. The van der Waals surface area contributed by atoms with Crippen LogP contribution in [0.15, 0.2) is 36.5 Å². The van der Waals surface area contributed by atoms with E-state index in [1.165, 1.54) is 4.31 Å². The van der Waals surface area contributed by atoms with Gasteiger partial charge in [0.25, 0.3) is 5.91 Å². The monoisotopic (exact) mass is 455 g/mol. The van der Waals surface area contributed by atoms with Gasteiger partial charge in [-0.1, -0.05) is 29.8 Å². The molecule has 0 saturated carbocycles. The Bertz CT molecular complexity index is 1240. The van der Waals surface area contributed by atoms with Crippen LogP contribution < -0.4 is 0 Å². The van der Waals surface area contributed by atoms with Crippen molar-refractivity contribution in [3.05, 3.63) is 47.7 Å². The van der Waals surface area contributed by atoms with Crippen LogP contribution in [0.25, 0.3) is 22.3 Å². The van der Waals surface area contributed by atoms with Crippen LogP contribution in [0, 0.1) is 6.92 Å². The number of amides is 1. The van der Waals surface area contributed by atoms with Gasteiger partial charge in [-0.15, -0.1) is 0 Å². The minimum Gasteiger partial charge on any atom is -0.336 e. The number of pyridine rings is 1. The van der Waals surface area contributed by atoms with Crippen LogP contribution in [0.5, 0.6) is 0 Å². The predicted octanol–water partition coefficient (Wildman–Crippen LogP) is 3.10. The molecule has 0 aliphatic carbocycles. The number of fused-ring (bicyclic) bond motifs is 1. The number of benzene rings is 1. The fraction of sp³-hybridized carbons (Fsp3) is 0.435. The maximum Gasteiger partial charge on any atom is 0.254 e. The van der Waals surface area contributed by atoms with E-state index in [2.05, 4.69) is 5.10 Å². The Morgan fingerprint density at radius 1 is 1.09 bits per heavy atom. The van der Waals surface area contributed by atoms with Gasteiger partial charge >= 0.3 is 0 Å². The Labute approximate surface area is 188 Å². The van der Waals surface area contributed by atoms with E-state index in [0.717, 1.165) is 16.8 Å². The van der Waals surface area contributed by atoms with Crippen LogP contribution in [0.4, 0.5) is 0 Å². The summed E-state index contributed by atoms with van der Waals surface area (Å²) >= 11 is 0. The topological polar surface area (TPSA) is 88.4 Å². The lowest BCUT2D eigenvalue weighted by atomic mass is 10.0. The molecule has 3 heterocycles. The maximum atomic E-state index is 13.5. The van der Waals surface area contributed by atoms with E-state index in [0.29, 0.717) is 42.8 Å². The first-order chi connectivity index (χ1) is 15.2. The quantitative estimate of drug-likeness (QED) is 0.590. The van der Waals surface area contributed by atoms with Gasteiger partial charge in [-0.2, -0.15) is 9.40 Å². The summed E-state index contributed by atoms with van der Waals surface area (Å²) in [5.41, 5.74) is 4.02. The Hall–Kier alpha value is -2.78. The number of hydrogen-bond acceptors (Lipinski definition) is 5. The van der Waals surface area contributed by atoms with Crippen molar-refractivity contribution in [2.24, 2.45) is 0 Å². The molecule has 0 bridgehead atoms. The smallest absolute Gasteiger partial charge is 0.254 e. The number of carbonyl (C=O) groups excluding carboxylic acids is 1. The van der Waals surface area contributed by atoms with E-state index >= 15 is 0 Å². The lowest BCUT2D eigenvalue weighted by molar-refractivity contribution is 0.0700. The number of piperazine rings is 1. The zero-order valence-electron chi connectivity index (χ0n) is 18.9. The van der Waals surface area contributed by atoms with Crippen molar-refractivity contribution in [2.45, 2.75) is 33.7 Å². The third-order valence-electron chi connectivity index (χ3n) is 5.92. The van der Waals surface area contributed by atoms with Crippen LogP contribution in [0.1, 0.15) is 42.7 Å². The summed E-state index contributed by atoms with van der Waals surface area (Å²) in [6.45, 7) is 9.07. The molecule has 0 unspecified atom stereocenters. The first kappa shape index (κ1) is 22.4. The summed E-state index contributed by atoms with van der Waals surface area (Å²) in [5.74, 6) is -0.0529. The van der Waals surface area contributed by atoms with Crippen molar-refractivity contribution >= 4 is 27.0 Å². The van der Waals surface area contributed by atoms with Crippen molar-refractivity contribution in [2.75, 3.05) is 31.9 Å². The van der Waals surface area contributed by atoms with Gasteiger partial charge in [0.1, 0.15) is 0 Å². The average Bonchev–Trinajstić information content (AvgIpc) is 3.23. The molecule has 0 radical (unpaired) electrons. The van der Waals surface area contributed by atoms with Gasteiger partial charge in [0, 0.05) is 37.8 Å². The minimum absolute atomic E-state index is 0.0697. The van der Waals surface area contributed by atoms with Gasteiger partial charge < -0.3 is 4.90 Å². The summed E-state index contributed by atoms with van der Waals surface area (Å²) < 4.78 is 27.6. The van der Waals surface area contributed by atoms with E-state index in [4.69, 9.17) is 4.98 Å². The van der Waals surface area contributed by atoms with Crippen molar-refractivity contribution in [3.63, 3.8) is 0 Å². The number of rotatable bonds is 5. The van der Waals surface area contributed by atoms with Crippen LogP contribution in [-0.2, 0) is 10.0 Å². The predicted molar refractivity (Wildman–Crippen MR) is 125 cm³/mol. The fourth-order valence-corrected chi connectivity index (χ4v) is 5.05. The molecule has 32 heavy (non-hydrogen) atoms. The van der Waals surface area contributed by atoms with Gasteiger partial charge in [-0.05, 0) is 33.8 Å². The molecule has 0 spiro atoms. The van der Waals surface area contributed by atoms with Crippen molar-refractivity contribution in [1.29, 1.82) is 0 Å². The Morgan fingerprint density at radius 3 is 2.34 bits per heavy atom. The minimum atomic E-state index is -3.25. The molecule has 2 aromatic heterocycles. The van der Waals surface area contributed by atoms with Crippen molar-refractivity contribution in [3.8, 4) is 11.3 Å². The molecule has 1 saturated heterocycles. The number of sulfonamides is 1. The van der Waals surface area contributed by atoms with Gasteiger partial charge in [-0.3, -0.25) is 4.79 Å².